The molecule has 2 amide bonds. The maximum Gasteiger partial charge on any atom is 0.273 e. The number of nitrogens with zero attached hydrogens (tertiary/aromatic N) is 1. The van der Waals surface area contributed by atoms with Gasteiger partial charge in [-0.3, -0.25) is 14.9 Å². The van der Waals surface area contributed by atoms with Gasteiger partial charge in [-0.1, -0.05) is 30.3 Å². The van der Waals surface area contributed by atoms with Gasteiger partial charge in [-0.15, -0.1) is 11.3 Å². The number of carbonyl (C=O) groups is 2. The second-order valence-corrected chi connectivity index (χ2v) is 6.12. The van der Waals surface area contributed by atoms with Gasteiger partial charge in [-0.25, -0.2) is 9.37 Å². The van der Waals surface area contributed by atoms with Crippen molar-refractivity contribution in [2.24, 2.45) is 0 Å². The highest BCUT2D eigenvalue weighted by molar-refractivity contribution is 7.13. The molecule has 2 aromatic carbocycles. The van der Waals surface area contributed by atoms with Gasteiger partial charge in [0.05, 0.1) is 0 Å². The number of thiazole rings is 1. The van der Waals surface area contributed by atoms with E-state index in [0.717, 1.165) is 0 Å². The number of hydrogen-bond donors (Lipinski definition) is 2. The third-order valence-corrected chi connectivity index (χ3v) is 4.05. The van der Waals surface area contributed by atoms with Crippen LogP contribution < -0.4 is 10.6 Å². The minimum absolute atomic E-state index is 0.0284. The number of hydrogen-bond acceptors (Lipinski definition) is 4. The Morgan fingerprint density at radius 3 is 2.42 bits per heavy atom. The number of anilines is 1. The third-order valence-electron chi connectivity index (χ3n) is 3.36. The van der Waals surface area contributed by atoms with E-state index in [1.807, 2.05) is 0 Å². The predicted octanol–water partition coefficient (Wildman–Crippen LogP) is 3.69. The van der Waals surface area contributed by atoms with Crippen LogP contribution in [0.3, 0.4) is 0 Å². The van der Waals surface area contributed by atoms with Gasteiger partial charge < -0.3 is 5.32 Å². The summed E-state index contributed by atoms with van der Waals surface area (Å²) in [6.07, 6.45) is 3.04. The monoisotopic (exact) mass is 367 g/mol. The van der Waals surface area contributed by atoms with Crippen molar-refractivity contribution in [2.45, 2.75) is 0 Å². The number of amides is 2. The first kappa shape index (κ1) is 17.5. The molecule has 0 atom stereocenters. The van der Waals surface area contributed by atoms with E-state index >= 15 is 0 Å². The second kappa shape index (κ2) is 8.17. The van der Waals surface area contributed by atoms with Gasteiger partial charge >= 0.3 is 0 Å². The van der Waals surface area contributed by atoms with Gasteiger partial charge in [0, 0.05) is 17.1 Å². The molecule has 26 heavy (non-hydrogen) atoms. The third kappa shape index (κ3) is 4.61. The molecule has 5 nitrogen and oxygen atoms in total. The molecule has 0 aliphatic heterocycles. The summed E-state index contributed by atoms with van der Waals surface area (Å²) in [5.41, 5.74) is 1.02. The molecule has 0 aliphatic carbocycles. The van der Waals surface area contributed by atoms with E-state index in [9.17, 15) is 14.0 Å². The lowest BCUT2D eigenvalue weighted by Crippen LogP contribution is -2.30. The minimum atomic E-state index is -0.520. The Bertz CT molecular complexity index is 923. The summed E-state index contributed by atoms with van der Waals surface area (Å²) in [5.74, 6) is -1.33. The molecule has 130 valence electrons. The van der Waals surface area contributed by atoms with Crippen molar-refractivity contribution in [2.75, 3.05) is 5.32 Å². The summed E-state index contributed by atoms with van der Waals surface area (Å²) in [6, 6.07) is 14.1. The molecule has 1 aromatic heterocycles. The number of nitrogens with one attached hydrogen (secondary N) is 2. The Kier molecular flexibility index (Phi) is 5.50. The van der Waals surface area contributed by atoms with E-state index in [2.05, 4.69) is 15.6 Å². The fraction of sp³-hybridized carbons (Fsp3) is 0. The Hall–Kier alpha value is -3.32. The zero-order valence-corrected chi connectivity index (χ0v) is 14.3. The summed E-state index contributed by atoms with van der Waals surface area (Å²) in [5, 5.41) is 7.36. The molecule has 0 unspecified atom stereocenters. The van der Waals surface area contributed by atoms with Crippen LogP contribution in [0.5, 0.6) is 0 Å². The first-order valence-electron chi connectivity index (χ1n) is 7.66. The molecule has 7 heteroatoms. The Labute approximate surface area is 153 Å². The Morgan fingerprint density at radius 1 is 1.04 bits per heavy atom. The van der Waals surface area contributed by atoms with Gasteiger partial charge in [-0.05, 0) is 35.9 Å². The molecule has 0 saturated carbocycles. The summed E-state index contributed by atoms with van der Waals surface area (Å²) in [7, 11) is 0. The van der Waals surface area contributed by atoms with E-state index in [4.69, 9.17) is 0 Å². The maximum absolute atomic E-state index is 13.1. The van der Waals surface area contributed by atoms with Crippen LogP contribution >= 0.6 is 11.3 Å². The highest BCUT2D eigenvalue weighted by Crippen LogP contribution is 2.14. The first-order chi connectivity index (χ1) is 12.6. The van der Waals surface area contributed by atoms with E-state index in [0.29, 0.717) is 16.3 Å². The number of rotatable bonds is 5. The molecule has 0 saturated heterocycles. The van der Waals surface area contributed by atoms with Crippen LogP contribution in [0.2, 0.25) is 0 Å². The SMILES string of the molecule is O=C(Nc1nccs1)/C(=C/c1ccc(F)cc1)NC(=O)c1ccccc1. The lowest BCUT2D eigenvalue weighted by atomic mass is 10.1. The Morgan fingerprint density at radius 2 is 1.77 bits per heavy atom. The fourth-order valence-corrected chi connectivity index (χ4v) is 2.64. The standard InChI is InChI=1S/C19H14FN3O2S/c20-15-8-6-13(7-9-15)12-16(18(25)23-19-21-10-11-26-19)22-17(24)14-4-2-1-3-5-14/h1-12H,(H,22,24)(H,21,23,25)/b16-12-. The highest BCUT2D eigenvalue weighted by atomic mass is 32.1. The van der Waals surface area contributed by atoms with E-state index in [-0.39, 0.29) is 11.5 Å². The smallest absolute Gasteiger partial charge is 0.273 e. The van der Waals surface area contributed by atoms with Crippen molar-refractivity contribution >= 4 is 34.4 Å². The normalized spacial score (nSPS) is 11.0. The van der Waals surface area contributed by atoms with Crippen LogP contribution in [-0.4, -0.2) is 16.8 Å². The molecular formula is C19H14FN3O2S. The van der Waals surface area contributed by atoms with Crippen molar-refractivity contribution in [3.8, 4) is 0 Å². The predicted molar refractivity (Wildman–Crippen MR) is 99.0 cm³/mol. The number of benzene rings is 2. The minimum Gasteiger partial charge on any atom is -0.317 e. The zero-order valence-electron chi connectivity index (χ0n) is 13.5. The van der Waals surface area contributed by atoms with Crippen molar-refractivity contribution < 1.29 is 14.0 Å². The van der Waals surface area contributed by atoms with Crippen LogP contribution in [0.4, 0.5) is 9.52 Å². The zero-order chi connectivity index (χ0) is 18.4. The van der Waals surface area contributed by atoms with Gasteiger partial charge in [-0.2, -0.15) is 0 Å². The summed E-state index contributed by atoms with van der Waals surface area (Å²) in [6.45, 7) is 0. The van der Waals surface area contributed by atoms with Gasteiger partial charge in [0.15, 0.2) is 5.13 Å². The largest absolute Gasteiger partial charge is 0.317 e. The molecule has 0 radical (unpaired) electrons. The van der Waals surface area contributed by atoms with Gasteiger partial charge in [0.1, 0.15) is 11.5 Å². The van der Waals surface area contributed by atoms with Gasteiger partial charge in [0.2, 0.25) is 0 Å². The molecule has 3 aromatic rings. The molecule has 1 heterocycles. The van der Waals surface area contributed by atoms with E-state index in [1.54, 1.807) is 41.9 Å². The molecule has 0 aliphatic rings. The molecule has 0 fully saturated rings. The van der Waals surface area contributed by atoms with E-state index in [1.165, 1.54) is 41.7 Å². The average Bonchev–Trinajstić information content (AvgIpc) is 3.16. The Balaban J connectivity index is 1.86. The molecule has 0 spiro atoms. The second-order valence-electron chi connectivity index (χ2n) is 5.22. The maximum atomic E-state index is 13.1. The molecule has 3 rings (SSSR count). The quantitative estimate of drug-likeness (QED) is 0.676. The van der Waals surface area contributed by atoms with Crippen molar-refractivity contribution in [1.29, 1.82) is 0 Å². The molecular weight excluding hydrogens is 353 g/mol. The van der Waals surface area contributed by atoms with Crippen LogP contribution in [-0.2, 0) is 4.79 Å². The number of carbonyl (C=O) groups excluding carboxylic acids is 2. The highest BCUT2D eigenvalue weighted by Gasteiger charge is 2.15. The van der Waals surface area contributed by atoms with Crippen LogP contribution in [0.1, 0.15) is 15.9 Å². The molecule has 2 N–H and O–H groups in total. The molecule has 0 bridgehead atoms. The average molecular weight is 367 g/mol. The number of halogens is 1. The lowest BCUT2D eigenvalue weighted by Gasteiger charge is -2.10. The lowest BCUT2D eigenvalue weighted by molar-refractivity contribution is -0.113. The summed E-state index contributed by atoms with van der Waals surface area (Å²) < 4.78 is 13.1. The van der Waals surface area contributed by atoms with Crippen LogP contribution in [0, 0.1) is 5.82 Å². The van der Waals surface area contributed by atoms with Crippen molar-refractivity contribution in [1.82, 2.24) is 10.3 Å². The number of aromatic nitrogens is 1. The van der Waals surface area contributed by atoms with Crippen molar-refractivity contribution in [3.05, 3.63) is 88.8 Å². The van der Waals surface area contributed by atoms with E-state index < -0.39 is 11.8 Å². The van der Waals surface area contributed by atoms with Crippen LogP contribution in [0.15, 0.2) is 71.9 Å². The summed E-state index contributed by atoms with van der Waals surface area (Å²) >= 11 is 1.26. The van der Waals surface area contributed by atoms with Crippen molar-refractivity contribution in [3.63, 3.8) is 0 Å². The van der Waals surface area contributed by atoms with Gasteiger partial charge in [0.25, 0.3) is 11.8 Å². The van der Waals surface area contributed by atoms with Crippen LogP contribution in [0.25, 0.3) is 6.08 Å². The first-order valence-corrected chi connectivity index (χ1v) is 8.54. The summed E-state index contributed by atoms with van der Waals surface area (Å²) in [4.78, 5) is 28.9. The fourth-order valence-electron chi connectivity index (χ4n) is 2.12. The topological polar surface area (TPSA) is 71.1 Å².